The van der Waals surface area contributed by atoms with Gasteiger partial charge in [0, 0.05) is 17.0 Å². The molecule has 0 aromatic heterocycles. The van der Waals surface area contributed by atoms with Crippen molar-refractivity contribution in [3.05, 3.63) is 53.1 Å². The molecule has 0 bridgehead atoms. The summed E-state index contributed by atoms with van der Waals surface area (Å²) >= 11 is 1.66. The number of rotatable bonds is 3. The lowest BCUT2D eigenvalue weighted by Gasteiger charge is -2.27. The Morgan fingerprint density at radius 2 is 1.92 bits per heavy atom. The van der Waals surface area contributed by atoms with Crippen LogP contribution in [0.2, 0.25) is 0 Å². The Bertz CT molecular complexity index is 836. The Balaban J connectivity index is 1.63. The fourth-order valence-electron chi connectivity index (χ4n) is 3.74. The zero-order valence-electron chi connectivity index (χ0n) is 15.2. The second-order valence-corrected chi connectivity index (χ2v) is 7.62. The van der Waals surface area contributed by atoms with E-state index in [1.165, 1.54) is 0 Å². The quantitative estimate of drug-likeness (QED) is 0.749. The number of carbonyl (C=O) groups excluding carboxylic acids is 1. The van der Waals surface area contributed by atoms with Crippen LogP contribution in [-0.4, -0.2) is 36.8 Å². The molecule has 1 atom stereocenters. The van der Waals surface area contributed by atoms with Crippen LogP contribution in [0.15, 0.2) is 41.3 Å². The Hall–Kier alpha value is -2.14. The summed E-state index contributed by atoms with van der Waals surface area (Å²) in [7, 11) is 0. The molecule has 0 radical (unpaired) electrons. The average Bonchev–Trinajstić information content (AvgIpc) is 3.17. The first-order chi connectivity index (χ1) is 12.7. The number of likely N-dealkylation sites (tertiary alicyclic amines) is 1. The van der Waals surface area contributed by atoms with Crippen LogP contribution < -0.4 is 9.47 Å². The molecule has 0 aliphatic carbocycles. The molecule has 0 N–H and O–H groups in total. The second-order valence-electron chi connectivity index (χ2n) is 6.74. The SMILES string of the molecule is CSc1ccc(C)c(C(=O)N2CCCC2c2ccc3c(c2)OCCO3)c1. The summed E-state index contributed by atoms with van der Waals surface area (Å²) in [6.07, 6.45) is 4.03. The predicted octanol–water partition coefficient (Wildman–Crippen LogP) is 4.47. The zero-order chi connectivity index (χ0) is 18.1. The second kappa shape index (κ2) is 7.23. The lowest BCUT2D eigenvalue weighted by molar-refractivity contribution is 0.0734. The van der Waals surface area contributed by atoms with Crippen LogP contribution in [0, 0.1) is 6.92 Å². The Morgan fingerprint density at radius 3 is 2.73 bits per heavy atom. The normalized spacial score (nSPS) is 18.8. The van der Waals surface area contributed by atoms with Gasteiger partial charge in [-0.15, -0.1) is 11.8 Å². The Kier molecular flexibility index (Phi) is 4.81. The fraction of sp³-hybridized carbons (Fsp3) is 0.381. The molecule has 2 aromatic carbocycles. The van der Waals surface area contributed by atoms with Gasteiger partial charge in [-0.3, -0.25) is 4.79 Å². The van der Waals surface area contributed by atoms with E-state index in [9.17, 15) is 4.79 Å². The lowest BCUT2D eigenvalue weighted by Crippen LogP contribution is -2.31. The molecule has 1 amide bonds. The largest absolute Gasteiger partial charge is 0.486 e. The lowest BCUT2D eigenvalue weighted by atomic mass is 10.0. The molecule has 26 heavy (non-hydrogen) atoms. The van der Waals surface area contributed by atoms with Gasteiger partial charge in [-0.2, -0.15) is 0 Å². The van der Waals surface area contributed by atoms with Gasteiger partial charge in [0.25, 0.3) is 5.91 Å². The van der Waals surface area contributed by atoms with E-state index in [-0.39, 0.29) is 11.9 Å². The van der Waals surface area contributed by atoms with Crippen molar-refractivity contribution in [2.75, 3.05) is 26.0 Å². The molecule has 136 valence electrons. The van der Waals surface area contributed by atoms with Crippen molar-refractivity contribution in [2.24, 2.45) is 0 Å². The molecule has 5 heteroatoms. The first kappa shape index (κ1) is 17.3. The average molecular weight is 369 g/mol. The van der Waals surface area contributed by atoms with Crippen LogP contribution >= 0.6 is 11.8 Å². The molecular weight excluding hydrogens is 346 g/mol. The molecule has 0 saturated carbocycles. The van der Waals surface area contributed by atoms with Crippen molar-refractivity contribution in [1.29, 1.82) is 0 Å². The summed E-state index contributed by atoms with van der Waals surface area (Å²) in [5.74, 6) is 1.70. The van der Waals surface area contributed by atoms with Crippen molar-refractivity contribution < 1.29 is 14.3 Å². The topological polar surface area (TPSA) is 38.8 Å². The van der Waals surface area contributed by atoms with Crippen molar-refractivity contribution in [2.45, 2.75) is 30.7 Å². The number of nitrogens with zero attached hydrogens (tertiary/aromatic N) is 1. The third kappa shape index (κ3) is 3.16. The summed E-state index contributed by atoms with van der Waals surface area (Å²) < 4.78 is 11.3. The van der Waals surface area contributed by atoms with Crippen molar-refractivity contribution in [3.63, 3.8) is 0 Å². The van der Waals surface area contributed by atoms with E-state index in [2.05, 4.69) is 12.1 Å². The van der Waals surface area contributed by atoms with Crippen molar-refractivity contribution in [3.8, 4) is 11.5 Å². The monoisotopic (exact) mass is 369 g/mol. The molecular formula is C21H23NO3S. The molecule has 2 aromatic rings. The fourth-order valence-corrected chi connectivity index (χ4v) is 4.18. The van der Waals surface area contributed by atoms with Crippen molar-refractivity contribution in [1.82, 2.24) is 4.90 Å². The molecule has 1 unspecified atom stereocenters. The predicted molar refractivity (Wildman–Crippen MR) is 103 cm³/mol. The van der Waals surface area contributed by atoms with E-state index in [1.807, 2.05) is 42.3 Å². The number of hydrogen-bond donors (Lipinski definition) is 0. The summed E-state index contributed by atoms with van der Waals surface area (Å²) in [6, 6.07) is 12.3. The number of amides is 1. The van der Waals surface area contributed by atoms with Gasteiger partial charge in [0.05, 0.1) is 6.04 Å². The van der Waals surface area contributed by atoms with Gasteiger partial charge in [-0.1, -0.05) is 12.1 Å². The van der Waals surface area contributed by atoms with Gasteiger partial charge in [-0.25, -0.2) is 0 Å². The van der Waals surface area contributed by atoms with Gasteiger partial charge in [0.2, 0.25) is 0 Å². The molecule has 0 spiro atoms. The molecule has 2 aliphatic heterocycles. The summed E-state index contributed by atoms with van der Waals surface area (Å²) in [4.78, 5) is 16.4. The van der Waals surface area contributed by atoms with E-state index in [0.29, 0.717) is 13.2 Å². The number of benzene rings is 2. The highest BCUT2D eigenvalue weighted by atomic mass is 32.2. The maximum absolute atomic E-state index is 13.3. The molecule has 1 saturated heterocycles. The molecule has 4 nitrogen and oxygen atoms in total. The molecule has 4 rings (SSSR count). The van der Waals surface area contributed by atoms with E-state index in [1.54, 1.807) is 11.8 Å². The minimum Gasteiger partial charge on any atom is -0.486 e. The van der Waals surface area contributed by atoms with Crippen LogP contribution in [-0.2, 0) is 0 Å². The van der Waals surface area contributed by atoms with E-state index in [4.69, 9.17) is 9.47 Å². The first-order valence-electron chi connectivity index (χ1n) is 9.02. The number of ether oxygens (including phenoxy) is 2. The van der Waals surface area contributed by atoms with Crippen molar-refractivity contribution >= 4 is 17.7 Å². The number of hydrogen-bond acceptors (Lipinski definition) is 4. The van der Waals surface area contributed by atoms with E-state index >= 15 is 0 Å². The Morgan fingerprint density at radius 1 is 1.12 bits per heavy atom. The maximum Gasteiger partial charge on any atom is 0.254 e. The van der Waals surface area contributed by atoms with Crippen LogP contribution in [0.1, 0.15) is 40.4 Å². The van der Waals surface area contributed by atoms with Crippen LogP contribution in [0.4, 0.5) is 0 Å². The third-order valence-electron chi connectivity index (χ3n) is 5.14. The van der Waals surface area contributed by atoms with Gasteiger partial charge in [0.1, 0.15) is 13.2 Å². The summed E-state index contributed by atoms with van der Waals surface area (Å²) in [5.41, 5.74) is 2.96. The number of thioether (sulfide) groups is 1. The minimum atomic E-state index is 0.0932. The minimum absolute atomic E-state index is 0.0932. The standard InChI is InChI=1S/C21H23NO3S/c1-14-5-7-16(26-2)13-17(14)21(23)22-9-3-4-18(22)15-6-8-19-20(12-15)25-11-10-24-19/h5-8,12-13,18H,3-4,9-11H2,1-2H3. The summed E-state index contributed by atoms with van der Waals surface area (Å²) in [6.45, 7) is 3.96. The molecule has 2 aliphatic rings. The van der Waals surface area contributed by atoms with E-state index < -0.39 is 0 Å². The summed E-state index contributed by atoms with van der Waals surface area (Å²) in [5, 5.41) is 0. The smallest absolute Gasteiger partial charge is 0.254 e. The van der Waals surface area contributed by atoms with Gasteiger partial charge >= 0.3 is 0 Å². The third-order valence-corrected chi connectivity index (χ3v) is 5.87. The molecule has 2 heterocycles. The van der Waals surface area contributed by atoms with Crippen LogP contribution in [0.25, 0.3) is 0 Å². The highest BCUT2D eigenvalue weighted by molar-refractivity contribution is 7.98. The number of carbonyl (C=O) groups is 1. The van der Waals surface area contributed by atoms with Gasteiger partial charge in [-0.05, 0) is 61.4 Å². The number of aryl methyl sites for hydroxylation is 1. The zero-order valence-corrected chi connectivity index (χ0v) is 16.0. The highest BCUT2D eigenvalue weighted by Gasteiger charge is 2.32. The van der Waals surface area contributed by atoms with E-state index in [0.717, 1.165) is 52.5 Å². The Labute approximate surface area is 158 Å². The van der Waals surface area contributed by atoms with Gasteiger partial charge in [0.15, 0.2) is 11.5 Å². The molecule has 1 fully saturated rings. The van der Waals surface area contributed by atoms with Crippen LogP contribution in [0.3, 0.4) is 0 Å². The van der Waals surface area contributed by atoms with Gasteiger partial charge < -0.3 is 14.4 Å². The highest BCUT2D eigenvalue weighted by Crippen LogP contribution is 2.39. The first-order valence-corrected chi connectivity index (χ1v) is 10.2. The van der Waals surface area contributed by atoms with Crippen LogP contribution in [0.5, 0.6) is 11.5 Å². The number of fused-ring (bicyclic) bond motifs is 1. The maximum atomic E-state index is 13.3.